The van der Waals surface area contributed by atoms with Crippen LogP contribution < -0.4 is 0 Å². The Hall–Kier alpha value is -3.25. The summed E-state index contributed by atoms with van der Waals surface area (Å²) >= 11 is 1.15. The Labute approximate surface area is 147 Å². The van der Waals surface area contributed by atoms with Gasteiger partial charge in [0.1, 0.15) is 0 Å². The first-order valence-electron chi connectivity index (χ1n) is 7.34. The molecular formula is C16H12N6O2S. The molecule has 0 fully saturated rings. The van der Waals surface area contributed by atoms with Gasteiger partial charge in [0.15, 0.2) is 11.0 Å². The van der Waals surface area contributed by atoms with Crippen LogP contribution in [0.3, 0.4) is 0 Å². The summed E-state index contributed by atoms with van der Waals surface area (Å²) in [4.78, 5) is 15.2. The Morgan fingerprint density at radius 2 is 2.04 bits per heavy atom. The Bertz CT molecular complexity index is 965. The molecule has 0 aliphatic heterocycles. The molecule has 0 radical (unpaired) electrons. The van der Waals surface area contributed by atoms with Crippen molar-refractivity contribution in [1.29, 1.82) is 5.26 Å². The molecule has 0 aliphatic carbocycles. The van der Waals surface area contributed by atoms with Crippen molar-refractivity contribution in [3.05, 3.63) is 58.4 Å². The predicted molar refractivity (Wildman–Crippen MR) is 90.9 cm³/mol. The zero-order valence-electron chi connectivity index (χ0n) is 13.2. The van der Waals surface area contributed by atoms with Crippen LogP contribution in [-0.4, -0.2) is 24.7 Å². The van der Waals surface area contributed by atoms with Gasteiger partial charge in [-0.25, -0.2) is 0 Å². The van der Waals surface area contributed by atoms with Gasteiger partial charge in [-0.3, -0.25) is 15.1 Å². The first-order valence-corrected chi connectivity index (χ1v) is 8.15. The molecule has 0 atom stereocenters. The van der Waals surface area contributed by atoms with Crippen LogP contribution in [-0.2, 0) is 6.54 Å². The van der Waals surface area contributed by atoms with Crippen molar-refractivity contribution in [2.75, 3.05) is 0 Å². The fraction of sp³-hybridized carbons (Fsp3) is 0.125. The van der Waals surface area contributed by atoms with Crippen molar-refractivity contribution in [2.24, 2.45) is 0 Å². The lowest BCUT2D eigenvalue weighted by atomic mass is 10.2. The maximum atomic E-state index is 11.3. The standard InChI is InChI=1S/C16H12N6O2S/c1-2-21-15(12-5-7-18-8-6-12)19-20-16(21)25-14-4-3-11(10-17)9-13(14)22(23)24/h3-9H,2H2,1H3. The molecule has 0 N–H and O–H groups in total. The third kappa shape index (κ3) is 3.34. The molecule has 0 saturated heterocycles. The van der Waals surface area contributed by atoms with E-state index in [1.54, 1.807) is 24.5 Å². The Kier molecular flexibility index (Phi) is 4.72. The van der Waals surface area contributed by atoms with Crippen LogP contribution >= 0.6 is 11.8 Å². The van der Waals surface area contributed by atoms with E-state index in [4.69, 9.17) is 5.26 Å². The van der Waals surface area contributed by atoms with Crippen LogP contribution in [0.2, 0.25) is 0 Å². The second kappa shape index (κ2) is 7.11. The fourth-order valence-corrected chi connectivity index (χ4v) is 3.26. The monoisotopic (exact) mass is 352 g/mol. The molecule has 25 heavy (non-hydrogen) atoms. The number of nitro benzene ring substituents is 1. The van der Waals surface area contributed by atoms with E-state index in [9.17, 15) is 10.1 Å². The molecule has 0 saturated carbocycles. The number of benzene rings is 1. The number of hydrogen-bond acceptors (Lipinski definition) is 7. The lowest BCUT2D eigenvalue weighted by molar-refractivity contribution is -0.387. The number of rotatable bonds is 5. The lowest BCUT2D eigenvalue weighted by Gasteiger charge is -2.07. The Morgan fingerprint density at radius 1 is 1.28 bits per heavy atom. The van der Waals surface area contributed by atoms with Crippen molar-refractivity contribution in [2.45, 2.75) is 23.5 Å². The van der Waals surface area contributed by atoms with E-state index in [1.165, 1.54) is 6.07 Å². The van der Waals surface area contributed by atoms with E-state index in [0.717, 1.165) is 17.3 Å². The van der Waals surface area contributed by atoms with Gasteiger partial charge < -0.3 is 4.57 Å². The van der Waals surface area contributed by atoms with E-state index < -0.39 is 4.92 Å². The molecule has 0 unspecified atom stereocenters. The number of aromatic nitrogens is 4. The third-order valence-corrected chi connectivity index (χ3v) is 4.51. The minimum atomic E-state index is -0.500. The van der Waals surface area contributed by atoms with E-state index in [-0.39, 0.29) is 11.3 Å². The van der Waals surface area contributed by atoms with Gasteiger partial charge in [0.25, 0.3) is 5.69 Å². The topological polar surface area (TPSA) is 111 Å². The molecule has 3 rings (SSSR count). The van der Waals surface area contributed by atoms with Crippen molar-refractivity contribution < 1.29 is 4.92 Å². The minimum Gasteiger partial charge on any atom is -0.302 e. The van der Waals surface area contributed by atoms with Crippen molar-refractivity contribution in [3.63, 3.8) is 0 Å². The van der Waals surface area contributed by atoms with Crippen LogP contribution in [0.4, 0.5) is 5.69 Å². The molecule has 8 nitrogen and oxygen atoms in total. The highest BCUT2D eigenvalue weighted by molar-refractivity contribution is 7.99. The molecule has 0 amide bonds. The molecular weight excluding hydrogens is 340 g/mol. The summed E-state index contributed by atoms with van der Waals surface area (Å²) in [6, 6.07) is 9.93. The average molecular weight is 352 g/mol. The van der Waals surface area contributed by atoms with Crippen molar-refractivity contribution >= 4 is 17.4 Å². The first-order chi connectivity index (χ1) is 12.1. The minimum absolute atomic E-state index is 0.125. The average Bonchev–Trinajstić information content (AvgIpc) is 3.05. The zero-order chi connectivity index (χ0) is 17.8. The van der Waals surface area contributed by atoms with E-state index >= 15 is 0 Å². The number of nitro groups is 1. The summed E-state index contributed by atoms with van der Waals surface area (Å²) in [7, 11) is 0. The summed E-state index contributed by atoms with van der Waals surface area (Å²) in [5.74, 6) is 0.670. The van der Waals surface area contributed by atoms with Gasteiger partial charge in [0.2, 0.25) is 0 Å². The highest BCUT2D eigenvalue weighted by Gasteiger charge is 2.20. The predicted octanol–water partition coefficient (Wildman–Crippen LogP) is 3.29. The van der Waals surface area contributed by atoms with Crippen molar-refractivity contribution in [1.82, 2.24) is 19.7 Å². The van der Waals surface area contributed by atoms with Crippen LogP contribution in [0.15, 0.2) is 52.8 Å². The third-order valence-electron chi connectivity index (χ3n) is 3.46. The molecule has 3 aromatic rings. The van der Waals surface area contributed by atoms with Crippen molar-refractivity contribution in [3.8, 4) is 17.5 Å². The van der Waals surface area contributed by atoms with Crippen LogP contribution in [0.5, 0.6) is 0 Å². The smallest absolute Gasteiger partial charge is 0.284 e. The maximum Gasteiger partial charge on any atom is 0.284 e. The molecule has 2 heterocycles. The van der Waals surface area contributed by atoms with Crippen LogP contribution in [0, 0.1) is 21.4 Å². The summed E-state index contributed by atoms with van der Waals surface area (Å²) < 4.78 is 1.88. The normalized spacial score (nSPS) is 10.4. The Morgan fingerprint density at radius 3 is 2.68 bits per heavy atom. The fourth-order valence-electron chi connectivity index (χ4n) is 2.28. The number of nitrogens with zero attached hydrogens (tertiary/aromatic N) is 6. The SMILES string of the molecule is CCn1c(Sc2ccc(C#N)cc2[N+](=O)[O-])nnc1-c1ccncc1. The number of hydrogen-bond donors (Lipinski definition) is 0. The van der Waals surface area contributed by atoms with Gasteiger partial charge in [-0.15, -0.1) is 10.2 Å². The summed E-state index contributed by atoms with van der Waals surface area (Å²) in [5.41, 5.74) is 0.983. The summed E-state index contributed by atoms with van der Waals surface area (Å²) in [5, 5.41) is 29.1. The van der Waals surface area contributed by atoms with Crippen LogP contribution in [0.1, 0.15) is 12.5 Å². The largest absolute Gasteiger partial charge is 0.302 e. The second-order valence-corrected chi connectivity index (χ2v) is 5.95. The maximum absolute atomic E-state index is 11.3. The summed E-state index contributed by atoms with van der Waals surface area (Å²) in [6.07, 6.45) is 3.34. The molecule has 2 aromatic heterocycles. The van der Waals surface area contributed by atoms with E-state index in [1.807, 2.05) is 29.7 Å². The Balaban J connectivity index is 2.01. The zero-order valence-corrected chi connectivity index (χ0v) is 14.0. The quantitative estimate of drug-likeness (QED) is 0.511. The highest BCUT2D eigenvalue weighted by Crippen LogP contribution is 2.35. The lowest BCUT2D eigenvalue weighted by Crippen LogP contribution is -2.00. The van der Waals surface area contributed by atoms with E-state index in [2.05, 4.69) is 15.2 Å². The van der Waals surface area contributed by atoms with Gasteiger partial charge in [-0.2, -0.15) is 5.26 Å². The molecule has 124 valence electrons. The first kappa shape index (κ1) is 16.6. The van der Waals surface area contributed by atoms with Gasteiger partial charge in [0.05, 0.1) is 21.5 Å². The molecule has 0 spiro atoms. The second-order valence-electron chi connectivity index (χ2n) is 4.94. The molecule has 0 bridgehead atoms. The molecule has 9 heteroatoms. The molecule has 0 aliphatic rings. The van der Waals surface area contributed by atoms with E-state index in [0.29, 0.717) is 22.4 Å². The van der Waals surface area contributed by atoms with Gasteiger partial charge >= 0.3 is 0 Å². The van der Waals surface area contributed by atoms with Gasteiger partial charge in [-0.1, -0.05) is 0 Å². The highest BCUT2D eigenvalue weighted by atomic mass is 32.2. The van der Waals surface area contributed by atoms with Crippen LogP contribution in [0.25, 0.3) is 11.4 Å². The van der Waals surface area contributed by atoms with Gasteiger partial charge in [-0.05, 0) is 43.0 Å². The summed E-state index contributed by atoms with van der Waals surface area (Å²) in [6.45, 7) is 2.56. The number of nitriles is 1. The van der Waals surface area contributed by atoms with Gasteiger partial charge in [0, 0.05) is 30.6 Å². The molecule has 1 aromatic carbocycles. The number of pyridine rings is 1.